The second-order valence-corrected chi connectivity index (χ2v) is 6.54. The molecule has 1 N–H and O–H groups in total. The minimum atomic E-state index is -0.455. The standard InChI is InChI=1S/C18H18FN5O3/c1-11-20-16(22-27-11)10-23-4-6-24(7-5-23)18(26)14-9-17(25)21-15-3-2-12(19)8-13(14)15/h2-3,8-9H,4-7,10H2,1H3,(H,21,25). The fraction of sp³-hybridized carbons (Fsp3) is 0.333. The number of piperazine rings is 1. The molecule has 1 saturated heterocycles. The van der Waals surface area contributed by atoms with Gasteiger partial charge in [0.15, 0.2) is 5.82 Å². The normalized spacial score (nSPS) is 15.4. The molecule has 1 aliphatic heterocycles. The Balaban J connectivity index is 1.50. The third-order valence-electron chi connectivity index (χ3n) is 4.63. The van der Waals surface area contributed by atoms with Crippen molar-refractivity contribution in [3.8, 4) is 0 Å². The number of fused-ring (bicyclic) bond motifs is 1. The van der Waals surface area contributed by atoms with Crippen molar-refractivity contribution in [2.75, 3.05) is 26.2 Å². The second-order valence-electron chi connectivity index (χ2n) is 6.54. The molecule has 0 aliphatic carbocycles. The first-order valence-corrected chi connectivity index (χ1v) is 8.63. The molecule has 0 spiro atoms. The topological polar surface area (TPSA) is 95.3 Å². The zero-order valence-electron chi connectivity index (χ0n) is 14.7. The lowest BCUT2D eigenvalue weighted by molar-refractivity contribution is 0.0626. The van der Waals surface area contributed by atoms with Crippen molar-refractivity contribution in [1.82, 2.24) is 24.9 Å². The summed E-state index contributed by atoms with van der Waals surface area (Å²) >= 11 is 0. The summed E-state index contributed by atoms with van der Waals surface area (Å²) in [6.45, 7) is 4.59. The number of carbonyl (C=O) groups excluding carboxylic acids is 1. The van der Waals surface area contributed by atoms with E-state index in [9.17, 15) is 14.0 Å². The van der Waals surface area contributed by atoms with Crippen LogP contribution in [0.15, 0.2) is 33.6 Å². The highest BCUT2D eigenvalue weighted by Crippen LogP contribution is 2.19. The van der Waals surface area contributed by atoms with Crippen LogP contribution in [0.3, 0.4) is 0 Å². The van der Waals surface area contributed by atoms with Gasteiger partial charge in [-0.3, -0.25) is 14.5 Å². The van der Waals surface area contributed by atoms with Gasteiger partial charge >= 0.3 is 0 Å². The molecular weight excluding hydrogens is 353 g/mol. The number of nitrogens with one attached hydrogen (secondary N) is 1. The molecule has 0 atom stereocenters. The number of hydrogen-bond donors (Lipinski definition) is 1. The lowest BCUT2D eigenvalue weighted by Crippen LogP contribution is -2.48. The Hall–Kier alpha value is -3.07. The van der Waals surface area contributed by atoms with Crippen molar-refractivity contribution in [1.29, 1.82) is 0 Å². The fourth-order valence-corrected chi connectivity index (χ4v) is 3.29. The predicted octanol–water partition coefficient (Wildman–Crippen LogP) is 1.32. The molecule has 4 rings (SSSR count). The van der Waals surface area contributed by atoms with Gasteiger partial charge in [0, 0.05) is 50.1 Å². The molecule has 27 heavy (non-hydrogen) atoms. The predicted molar refractivity (Wildman–Crippen MR) is 94.7 cm³/mol. The first kappa shape index (κ1) is 17.3. The van der Waals surface area contributed by atoms with Gasteiger partial charge in [-0.15, -0.1) is 0 Å². The molecule has 8 nitrogen and oxygen atoms in total. The summed E-state index contributed by atoms with van der Waals surface area (Å²) in [6.07, 6.45) is 0. The van der Waals surface area contributed by atoms with Crippen molar-refractivity contribution in [2.45, 2.75) is 13.5 Å². The maximum atomic E-state index is 13.6. The highest BCUT2D eigenvalue weighted by molar-refractivity contribution is 6.06. The number of halogens is 1. The lowest BCUT2D eigenvalue weighted by atomic mass is 10.1. The van der Waals surface area contributed by atoms with E-state index in [2.05, 4.69) is 20.0 Å². The summed E-state index contributed by atoms with van der Waals surface area (Å²) in [7, 11) is 0. The Morgan fingerprint density at radius 3 is 2.74 bits per heavy atom. The third kappa shape index (κ3) is 3.59. The molecule has 1 fully saturated rings. The smallest absolute Gasteiger partial charge is 0.254 e. The molecule has 3 heterocycles. The molecule has 0 radical (unpaired) electrons. The van der Waals surface area contributed by atoms with Crippen LogP contribution in [0.2, 0.25) is 0 Å². The average Bonchev–Trinajstić information content (AvgIpc) is 3.06. The number of carbonyl (C=O) groups is 1. The summed E-state index contributed by atoms with van der Waals surface area (Å²) in [6, 6.07) is 5.23. The summed E-state index contributed by atoms with van der Waals surface area (Å²) in [5.41, 5.74) is 0.275. The van der Waals surface area contributed by atoms with Gasteiger partial charge in [0.25, 0.3) is 5.91 Å². The van der Waals surface area contributed by atoms with Crippen LogP contribution < -0.4 is 5.56 Å². The molecule has 3 aromatic rings. The number of H-pyrrole nitrogens is 1. The molecule has 1 amide bonds. The van der Waals surface area contributed by atoms with Gasteiger partial charge in [-0.05, 0) is 18.2 Å². The number of benzene rings is 1. The molecule has 0 unspecified atom stereocenters. The summed E-state index contributed by atoms with van der Waals surface area (Å²) in [4.78, 5) is 35.4. The molecule has 0 bridgehead atoms. The molecule has 140 valence electrons. The Morgan fingerprint density at radius 1 is 1.26 bits per heavy atom. The van der Waals surface area contributed by atoms with Crippen LogP contribution in [0.25, 0.3) is 10.9 Å². The van der Waals surface area contributed by atoms with Crippen molar-refractivity contribution in [2.24, 2.45) is 0 Å². The van der Waals surface area contributed by atoms with E-state index in [0.29, 0.717) is 55.3 Å². The van der Waals surface area contributed by atoms with E-state index in [4.69, 9.17) is 4.52 Å². The van der Waals surface area contributed by atoms with Gasteiger partial charge in [-0.2, -0.15) is 4.98 Å². The number of rotatable bonds is 3. The maximum Gasteiger partial charge on any atom is 0.254 e. The Kier molecular flexibility index (Phi) is 4.44. The van der Waals surface area contributed by atoms with Gasteiger partial charge in [0.05, 0.1) is 12.1 Å². The van der Waals surface area contributed by atoms with E-state index in [1.165, 1.54) is 24.3 Å². The number of pyridine rings is 1. The van der Waals surface area contributed by atoms with Crippen LogP contribution in [-0.2, 0) is 6.54 Å². The van der Waals surface area contributed by atoms with Crippen LogP contribution in [-0.4, -0.2) is 57.0 Å². The van der Waals surface area contributed by atoms with Crippen LogP contribution in [0.5, 0.6) is 0 Å². The molecular formula is C18H18FN5O3. The minimum Gasteiger partial charge on any atom is -0.340 e. The van der Waals surface area contributed by atoms with Crippen molar-refractivity contribution >= 4 is 16.8 Å². The van der Waals surface area contributed by atoms with E-state index in [0.717, 1.165) is 0 Å². The van der Waals surface area contributed by atoms with Gasteiger partial charge in [-0.1, -0.05) is 5.16 Å². The van der Waals surface area contributed by atoms with Crippen molar-refractivity contribution < 1.29 is 13.7 Å². The number of nitrogens with zero attached hydrogens (tertiary/aromatic N) is 4. The Bertz CT molecular complexity index is 1050. The van der Waals surface area contributed by atoms with Gasteiger partial charge in [-0.25, -0.2) is 4.39 Å². The first-order chi connectivity index (χ1) is 13.0. The van der Waals surface area contributed by atoms with Crippen LogP contribution in [0.1, 0.15) is 22.1 Å². The first-order valence-electron chi connectivity index (χ1n) is 8.63. The van der Waals surface area contributed by atoms with E-state index >= 15 is 0 Å². The monoisotopic (exact) mass is 371 g/mol. The van der Waals surface area contributed by atoms with Gasteiger partial charge < -0.3 is 14.4 Å². The Labute approximate surface area is 153 Å². The highest BCUT2D eigenvalue weighted by Gasteiger charge is 2.24. The zero-order valence-corrected chi connectivity index (χ0v) is 14.7. The summed E-state index contributed by atoms with van der Waals surface area (Å²) in [5.74, 6) is 0.408. The quantitative estimate of drug-likeness (QED) is 0.746. The van der Waals surface area contributed by atoms with E-state index in [1.807, 2.05) is 0 Å². The van der Waals surface area contributed by atoms with Crippen LogP contribution >= 0.6 is 0 Å². The number of amides is 1. The Morgan fingerprint density at radius 2 is 2.04 bits per heavy atom. The third-order valence-corrected chi connectivity index (χ3v) is 4.63. The molecule has 0 saturated carbocycles. The van der Waals surface area contributed by atoms with Crippen LogP contribution in [0.4, 0.5) is 4.39 Å². The maximum absolute atomic E-state index is 13.6. The minimum absolute atomic E-state index is 0.218. The van der Waals surface area contributed by atoms with Crippen LogP contribution in [0, 0.1) is 12.7 Å². The SMILES string of the molecule is Cc1nc(CN2CCN(C(=O)c3cc(=O)[nH]c4ccc(F)cc34)CC2)no1. The summed E-state index contributed by atoms with van der Waals surface area (Å²) < 4.78 is 18.6. The van der Waals surface area contributed by atoms with Crippen molar-refractivity contribution in [3.05, 3.63) is 57.7 Å². The lowest BCUT2D eigenvalue weighted by Gasteiger charge is -2.34. The van der Waals surface area contributed by atoms with Crippen molar-refractivity contribution in [3.63, 3.8) is 0 Å². The number of aromatic nitrogens is 3. The number of aromatic amines is 1. The molecule has 1 aliphatic rings. The van der Waals surface area contributed by atoms with E-state index in [1.54, 1.807) is 11.8 Å². The second kappa shape index (κ2) is 6.92. The molecule has 9 heteroatoms. The molecule has 2 aromatic heterocycles. The zero-order chi connectivity index (χ0) is 19.0. The van der Waals surface area contributed by atoms with Gasteiger partial charge in [0.1, 0.15) is 5.82 Å². The van der Waals surface area contributed by atoms with Gasteiger partial charge in [0.2, 0.25) is 11.4 Å². The summed E-state index contributed by atoms with van der Waals surface area (Å²) in [5, 5.41) is 4.29. The fourth-order valence-electron chi connectivity index (χ4n) is 3.29. The average molecular weight is 371 g/mol. The highest BCUT2D eigenvalue weighted by atomic mass is 19.1. The number of hydrogen-bond acceptors (Lipinski definition) is 6. The van der Waals surface area contributed by atoms with E-state index < -0.39 is 5.82 Å². The largest absolute Gasteiger partial charge is 0.340 e. The molecule has 1 aromatic carbocycles. The van der Waals surface area contributed by atoms with E-state index in [-0.39, 0.29) is 17.0 Å². The number of aryl methyl sites for hydroxylation is 1.